The highest BCUT2D eigenvalue weighted by Crippen LogP contribution is 2.17. The second-order valence-electron chi connectivity index (χ2n) is 6.51. The third-order valence-electron chi connectivity index (χ3n) is 3.51. The van der Waals surface area contributed by atoms with Crippen molar-refractivity contribution in [2.24, 2.45) is 0 Å². The summed E-state index contributed by atoms with van der Waals surface area (Å²) in [7, 11) is -1.71. The average molecular weight is 394 g/mol. The van der Waals surface area contributed by atoms with Gasteiger partial charge >= 0.3 is 0 Å². The fourth-order valence-electron chi connectivity index (χ4n) is 2.33. The summed E-state index contributed by atoms with van der Waals surface area (Å²) in [5, 5.41) is 18.4. The maximum Gasteiger partial charge on any atom is 0.233 e. The molecule has 0 saturated heterocycles. The first-order valence-electron chi connectivity index (χ1n) is 7.67. The maximum absolute atomic E-state index is 5.98. The van der Waals surface area contributed by atoms with Crippen LogP contribution >= 0.6 is 23.2 Å². The Balaban J connectivity index is 1.95. The number of benzene rings is 1. The number of nitrogens with zero attached hydrogens (tertiary/aromatic N) is 5. The van der Waals surface area contributed by atoms with Crippen LogP contribution in [0.15, 0.2) is 36.4 Å². The van der Waals surface area contributed by atoms with Gasteiger partial charge in [-0.15, -0.1) is 15.3 Å². The molecule has 0 aliphatic heterocycles. The van der Waals surface area contributed by atoms with Crippen molar-refractivity contribution in [2.45, 2.75) is 26.2 Å². The van der Waals surface area contributed by atoms with Crippen molar-refractivity contribution in [1.82, 2.24) is 25.2 Å². The van der Waals surface area contributed by atoms with E-state index < -0.39 is 8.07 Å². The summed E-state index contributed by atoms with van der Waals surface area (Å²) in [6, 6.07) is 10.8. The summed E-state index contributed by atoms with van der Waals surface area (Å²) in [6.07, 6.45) is 0. The number of hydrogen-bond donors (Lipinski definition) is 0. The summed E-state index contributed by atoms with van der Waals surface area (Å²) >= 11 is 11.7. The largest absolute Gasteiger partial charge is 0.470 e. The summed E-state index contributed by atoms with van der Waals surface area (Å²) in [4.78, 5) is 0. The molecule has 2 heterocycles. The fourth-order valence-corrected chi connectivity index (χ4v) is 3.94. The fraction of sp³-hybridized carbons (Fsp3) is 0.250. The lowest BCUT2D eigenvalue weighted by atomic mass is 10.3. The standard InChI is InChI=1S/C16H17Cl2N5OSi/c1-25(2,3)16-13(10-24-15-9-8-14(18)19-20-15)23(22-21-16)12-6-4-11(17)5-7-12/h4-9H,10H2,1-3H3. The Hall–Kier alpha value is -1.96. The van der Waals surface area contributed by atoms with Gasteiger partial charge in [-0.05, 0) is 30.3 Å². The van der Waals surface area contributed by atoms with E-state index in [1.807, 2.05) is 24.3 Å². The van der Waals surface area contributed by atoms with E-state index in [9.17, 15) is 0 Å². The van der Waals surface area contributed by atoms with Crippen LogP contribution in [0.3, 0.4) is 0 Å². The van der Waals surface area contributed by atoms with E-state index in [-0.39, 0.29) is 6.61 Å². The first kappa shape index (κ1) is 17.8. The minimum absolute atomic E-state index is 0.283. The number of aromatic nitrogens is 5. The van der Waals surface area contributed by atoms with Crippen molar-refractivity contribution >= 4 is 36.6 Å². The smallest absolute Gasteiger partial charge is 0.233 e. The Morgan fingerprint density at radius 2 is 1.68 bits per heavy atom. The van der Waals surface area contributed by atoms with E-state index in [1.54, 1.807) is 16.8 Å². The van der Waals surface area contributed by atoms with E-state index in [2.05, 4.69) is 40.2 Å². The molecule has 0 fully saturated rings. The summed E-state index contributed by atoms with van der Waals surface area (Å²) in [5.74, 6) is 0.398. The highest BCUT2D eigenvalue weighted by molar-refractivity contribution is 6.88. The quantitative estimate of drug-likeness (QED) is 0.620. The van der Waals surface area contributed by atoms with Crippen LogP contribution in [0.1, 0.15) is 5.69 Å². The highest BCUT2D eigenvalue weighted by Gasteiger charge is 2.27. The molecule has 0 saturated carbocycles. The minimum Gasteiger partial charge on any atom is -0.470 e. The molecule has 3 aromatic rings. The molecule has 0 unspecified atom stereocenters. The predicted molar refractivity (Wildman–Crippen MR) is 101 cm³/mol. The normalized spacial score (nSPS) is 11.6. The van der Waals surface area contributed by atoms with Gasteiger partial charge in [0.05, 0.1) is 11.0 Å². The molecular weight excluding hydrogens is 377 g/mol. The van der Waals surface area contributed by atoms with E-state index in [0.717, 1.165) is 16.7 Å². The molecule has 0 aliphatic carbocycles. The summed E-state index contributed by atoms with van der Waals surface area (Å²) in [6.45, 7) is 6.93. The molecule has 25 heavy (non-hydrogen) atoms. The molecule has 9 heteroatoms. The maximum atomic E-state index is 5.98. The van der Waals surface area contributed by atoms with Crippen LogP contribution in [-0.4, -0.2) is 33.3 Å². The van der Waals surface area contributed by atoms with Gasteiger partial charge in [0.25, 0.3) is 0 Å². The van der Waals surface area contributed by atoms with E-state index >= 15 is 0 Å². The molecular formula is C16H17Cl2N5OSi. The summed E-state index contributed by atoms with van der Waals surface area (Å²) < 4.78 is 7.58. The zero-order valence-corrected chi connectivity index (χ0v) is 16.6. The van der Waals surface area contributed by atoms with Gasteiger partial charge in [0, 0.05) is 11.1 Å². The summed E-state index contributed by atoms with van der Waals surface area (Å²) in [5.41, 5.74) is 1.78. The number of ether oxygens (including phenoxy) is 1. The zero-order chi connectivity index (χ0) is 18.0. The number of hydrogen-bond acceptors (Lipinski definition) is 5. The van der Waals surface area contributed by atoms with Gasteiger partial charge in [0.2, 0.25) is 5.88 Å². The number of rotatable bonds is 5. The van der Waals surface area contributed by atoms with Gasteiger partial charge < -0.3 is 4.74 Å². The Kier molecular flexibility index (Phi) is 5.08. The molecule has 0 N–H and O–H groups in total. The lowest BCUT2D eigenvalue weighted by molar-refractivity contribution is 0.283. The molecule has 130 valence electrons. The molecule has 2 aromatic heterocycles. The van der Waals surface area contributed by atoms with E-state index in [4.69, 9.17) is 27.9 Å². The lowest BCUT2D eigenvalue weighted by Crippen LogP contribution is -2.41. The van der Waals surface area contributed by atoms with Crippen molar-refractivity contribution in [3.8, 4) is 11.6 Å². The van der Waals surface area contributed by atoms with Gasteiger partial charge in [0.1, 0.15) is 20.4 Å². The molecule has 6 nitrogen and oxygen atoms in total. The van der Waals surface area contributed by atoms with Crippen LogP contribution in [0.4, 0.5) is 0 Å². The van der Waals surface area contributed by atoms with Crippen LogP contribution in [0, 0.1) is 0 Å². The molecule has 1 aromatic carbocycles. The SMILES string of the molecule is C[Si](C)(C)c1nnn(-c2ccc(Cl)cc2)c1COc1ccc(Cl)nn1. The monoisotopic (exact) mass is 393 g/mol. The minimum atomic E-state index is -1.71. The van der Waals surface area contributed by atoms with E-state index in [1.165, 1.54) is 0 Å². The van der Waals surface area contributed by atoms with Crippen LogP contribution < -0.4 is 10.1 Å². The second-order valence-corrected chi connectivity index (χ2v) is 12.3. The molecule has 0 aliphatic rings. The third-order valence-corrected chi connectivity index (χ3v) is 5.77. The molecule has 0 atom stereocenters. The molecule has 0 bridgehead atoms. The highest BCUT2D eigenvalue weighted by atomic mass is 35.5. The first-order valence-corrected chi connectivity index (χ1v) is 11.9. The van der Waals surface area contributed by atoms with Crippen LogP contribution in [0.5, 0.6) is 5.88 Å². The number of halogens is 2. The third kappa shape index (κ3) is 4.17. The molecule has 0 amide bonds. The van der Waals surface area contributed by atoms with Crippen LogP contribution in [-0.2, 0) is 6.61 Å². The van der Waals surface area contributed by atoms with E-state index in [0.29, 0.717) is 16.1 Å². The zero-order valence-electron chi connectivity index (χ0n) is 14.1. The topological polar surface area (TPSA) is 65.7 Å². The van der Waals surface area contributed by atoms with Gasteiger partial charge in [-0.3, -0.25) is 0 Å². The van der Waals surface area contributed by atoms with Crippen molar-refractivity contribution in [3.05, 3.63) is 52.3 Å². The van der Waals surface area contributed by atoms with Gasteiger partial charge in [0.15, 0.2) is 5.15 Å². The Bertz CT molecular complexity index is 860. The average Bonchev–Trinajstić information content (AvgIpc) is 2.99. The van der Waals surface area contributed by atoms with Gasteiger partial charge in [-0.1, -0.05) is 48.1 Å². The van der Waals surface area contributed by atoms with Crippen molar-refractivity contribution in [3.63, 3.8) is 0 Å². The Morgan fingerprint density at radius 3 is 2.28 bits per heavy atom. The van der Waals surface area contributed by atoms with Crippen molar-refractivity contribution in [2.75, 3.05) is 0 Å². The van der Waals surface area contributed by atoms with Gasteiger partial charge in [-0.25, -0.2) is 4.68 Å². The second kappa shape index (κ2) is 7.11. The predicted octanol–water partition coefficient (Wildman–Crippen LogP) is 3.49. The molecule has 3 rings (SSSR count). The van der Waals surface area contributed by atoms with Crippen molar-refractivity contribution in [1.29, 1.82) is 0 Å². The van der Waals surface area contributed by atoms with Crippen LogP contribution in [0.2, 0.25) is 29.8 Å². The molecule has 0 radical (unpaired) electrons. The molecule has 0 spiro atoms. The van der Waals surface area contributed by atoms with Crippen molar-refractivity contribution < 1.29 is 4.74 Å². The Morgan fingerprint density at radius 1 is 0.960 bits per heavy atom. The first-order chi connectivity index (χ1) is 11.8. The van der Waals surface area contributed by atoms with Gasteiger partial charge in [-0.2, -0.15) is 0 Å². The Labute approximate surface area is 156 Å². The lowest BCUT2D eigenvalue weighted by Gasteiger charge is -2.16. The van der Waals surface area contributed by atoms with Crippen LogP contribution in [0.25, 0.3) is 5.69 Å².